The SMILES string of the molecule is CC(N(C(=O)C1=NN(c2ccc(Cl)cc2Cl)C(c2ccc(Cl)cc2)C1)N1CCCCC1)S(=O)(=O)O. The molecule has 2 unspecified atom stereocenters. The Balaban J connectivity index is 1.75. The number of hydrogen-bond acceptors (Lipinski definition) is 6. The van der Waals surface area contributed by atoms with Crippen LogP contribution in [0.2, 0.25) is 15.1 Å². The van der Waals surface area contributed by atoms with Crippen LogP contribution in [0.4, 0.5) is 5.69 Å². The van der Waals surface area contributed by atoms with Crippen molar-refractivity contribution < 1.29 is 17.8 Å². The number of amides is 1. The Morgan fingerprint density at radius 3 is 2.29 bits per heavy atom. The molecule has 2 aliphatic heterocycles. The smallest absolute Gasteiger partial charge is 0.284 e. The maximum Gasteiger partial charge on any atom is 0.287 e. The highest BCUT2D eigenvalue weighted by Crippen LogP contribution is 2.40. The van der Waals surface area contributed by atoms with E-state index in [1.54, 1.807) is 40.3 Å². The van der Waals surface area contributed by atoms with Crippen molar-refractivity contribution in [3.05, 3.63) is 63.1 Å². The van der Waals surface area contributed by atoms with Gasteiger partial charge in [0, 0.05) is 29.6 Å². The average Bonchev–Trinajstić information content (AvgIpc) is 3.25. The number of carbonyl (C=O) groups is 1. The molecule has 8 nitrogen and oxygen atoms in total. The van der Waals surface area contributed by atoms with Crippen molar-refractivity contribution >= 4 is 62.2 Å². The summed E-state index contributed by atoms with van der Waals surface area (Å²) in [5.74, 6) is -0.580. The molecule has 1 saturated heterocycles. The molecule has 12 heteroatoms. The van der Waals surface area contributed by atoms with Gasteiger partial charge in [0.15, 0.2) is 5.37 Å². The van der Waals surface area contributed by atoms with Gasteiger partial charge in [-0.3, -0.25) is 14.4 Å². The van der Waals surface area contributed by atoms with Gasteiger partial charge in [0.1, 0.15) is 5.71 Å². The van der Waals surface area contributed by atoms with Crippen LogP contribution in [0.1, 0.15) is 44.2 Å². The van der Waals surface area contributed by atoms with Crippen LogP contribution in [-0.2, 0) is 14.9 Å². The zero-order valence-corrected chi connectivity index (χ0v) is 22.0. The molecule has 2 aromatic rings. The van der Waals surface area contributed by atoms with Crippen LogP contribution in [0, 0.1) is 0 Å². The van der Waals surface area contributed by atoms with Crippen molar-refractivity contribution in [3.8, 4) is 0 Å². The first-order valence-corrected chi connectivity index (χ1v) is 13.8. The predicted molar refractivity (Wildman–Crippen MR) is 138 cm³/mol. The van der Waals surface area contributed by atoms with Crippen molar-refractivity contribution in [3.63, 3.8) is 0 Å². The first kappa shape index (κ1) is 26.2. The number of piperidine rings is 1. The number of nitrogens with zero attached hydrogens (tertiary/aromatic N) is 4. The fourth-order valence-corrected chi connectivity index (χ4v) is 5.45. The molecule has 0 radical (unpaired) electrons. The molecule has 4 rings (SSSR count). The van der Waals surface area contributed by atoms with Crippen LogP contribution >= 0.6 is 34.8 Å². The quantitative estimate of drug-likeness (QED) is 0.475. The highest BCUT2D eigenvalue weighted by atomic mass is 35.5. The highest BCUT2D eigenvalue weighted by molar-refractivity contribution is 7.86. The Kier molecular flexibility index (Phi) is 7.95. The molecule has 0 bridgehead atoms. The summed E-state index contributed by atoms with van der Waals surface area (Å²) in [7, 11) is -4.53. The molecule has 1 N–H and O–H groups in total. The monoisotopic (exact) mass is 558 g/mol. The second-order valence-corrected chi connectivity index (χ2v) is 11.5. The number of rotatable bonds is 6. The summed E-state index contributed by atoms with van der Waals surface area (Å²) in [6.07, 6.45) is 2.81. The molecule has 2 aromatic carbocycles. The number of hydrazone groups is 1. The van der Waals surface area contributed by atoms with E-state index in [2.05, 4.69) is 5.10 Å². The third kappa shape index (κ3) is 5.76. The molecule has 0 spiro atoms. The lowest BCUT2D eigenvalue weighted by molar-refractivity contribution is -0.145. The third-order valence-corrected chi connectivity index (χ3v) is 8.04. The number of benzene rings is 2. The number of hydrazine groups is 1. The first-order valence-electron chi connectivity index (χ1n) is 11.2. The number of hydrogen-bond donors (Lipinski definition) is 1. The summed E-state index contributed by atoms with van der Waals surface area (Å²) in [6.45, 7) is 2.31. The van der Waals surface area contributed by atoms with Gasteiger partial charge in [0.25, 0.3) is 16.0 Å². The van der Waals surface area contributed by atoms with E-state index in [4.69, 9.17) is 34.8 Å². The molecule has 2 aliphatic rings. The number of carbonyl (C=O) groups excluding carboxylic acids is 1. The van der Waals surface area contributed by atoms with E-state index in [-0.39, 0.29) is 12.1 Å². The van der Waals surface area contributed by atoms with Crippen molar-refractivity contribution in [2.75, 3.05) is 18.1 Å². The van der Waals surface area contributed by atoms with Crippen LogP contribution in [-0.4, -0.2) is 53.1 Å². The molecule has 1 amide bonds. The molecule has 0 saturated carbocycles. The van der Waals surface area contributed by atoms with Crippen LogP contribution in [0.5, 0.6) is 0 Å². The lowest BCUT2D eigenvalue weighted by atomic mass is 10.0. The van der Waals surface area contributed by atoms with Crippen molar-refractivity contribution in [1.29, 1.82) is 0 Å². The Morgan fingerprint density at radius 1 is 1.06 bits per heavy atom. The van der Waals surface area contributed by atoms with E-state index in [0.29, 0.717) is 33.8 Å². The van der Waals surface area contributed by atoms with Crippen LogP contribution in [0.25, 0.3) is 0 Å². The number of anilines is 1. The summed E-state index contributed by atoms with van der Waals surface area (Å²) < 4.78 is 33.9. The van der Waals surface area contributed by atoms with Gasteiger partial charge < -0.3 is 0 Å². The van der Waals surface area contributed by atoms with Gasteiger partial charge in [-0.25, -0.2) is 10.0 Å². The van der Waals surface area contributed by atoms with Crippen LogP contribution in [0.15, 0.2) is 47.6 Å². The second-order valence-electron chi connectivity index (χ2n) is 8.54. The Morgan fingerprint density at radius 2 is 1.69 bits per heavy atom. The van der Waals surface area contributed by atoms with Crippen LogP contribution in [0.3, 0.4) is 0 Å². The van der Waals surface area contributed by atoms with Gasteiger partial charge in [0.05, 0.1) is 16.8 Å². The van der Waals surface area contributed by atoms with Crippen molar-refractivity contribution in [2.45, 2.75) is 44.0 Å². The minimum atomic E-state index is -4.53. The summed E-state index contributed by atoms with van der Waals surface area (Å²) in [5.41, 5.74) is 1.54. The van der Waals surface area contributed by atoms with E-state index in [1.165, 1.54) is 6.92 Å². The predicted octanol–water partition coefficient (Wildman–Crippen LogP) is 5.42. The zero-order valence-electron chi connectivity index (χ0n) is 18.9. The largest absolute Gasteiger partial charge is 0.287 e. The molecular weight excluding hydrogens is 535 g/mol. The zero-order chi connectivity index (χ0) is 25.3. The lowest BCUT2D eigenvalue weighted by Crippen LogP contribution is -2.56. The maximum absolute atomic E-state index is 13.8. The van der Waals surface area contributed by atoms with Gasteiger partial charge in [0.2, 0.25) is 0 Å². The van der Waals surface area contributed by atoms with E-state index < -0.39 is 27.4 Å². The second kappa shape index (κ2) is 10.6. The van der Waals surface area contributed by atoms with Gasteiger partial charge in [-0.05, 0) is 55.7 Å². The van der Waals surface area contributed by atoms with Gasteiger partial charge in [-0.1, -0.05) is 53.4 Å². The average molecular weight is 560 g/mol. The molecule has 0 aromatic heterocycles. The molecule has 35 heavy (non-hydrogen) atoms. The van der Waals surface area contributed by atoms with Crippen molar-refractivity contribution in [2.24, 2.45) is 5.10 Å². The van der Waals surface area contributed by atoms with E-state index in [1.807, 2.05) is 12.1 Å². The molecule has 0 aliphatic carbocycles. The fourth-order valence-electron chi connectivity index (χ4n) is 4.35. The molecule has 2 heterocycles. The normalized spacial score (nSPS) is 20.0. The minimum absolute atomic E-state index is 0.150. The van der Waals surface area contributed by atoms with E-state index in [0.717, 1.165) is 29.8 Å². The highest BCUT2D eigenvalue weighted by Gasteiger charge is 2.41. The Labute approximate surface area is 219 Å². The van der Waals surface area contributed by atoms with Gasteiger partial charge in [-0.2, -0.15) is 13.5 Å². The summed E-state index contributed by atoms with van der Waals surface area (Å²) in [4.78, 5) is 13.8. The summed E-state index contributed by atoms with van der Waals surface area (Å²) in [6, 6.07) is 11.8. The Bertz CT molecular complexity index is 1230. The summed E-state index contributed by atoms with van der Waals surface area (Å²) >= 11 is 18.6. The standard InChI is InChI=1S/C23H25Cl3N4O4S/c1-15(35(32,33)34)30(28-11-3-2-4-12-28)23(31)20-14-22(16-5-7-17(24)8-6-16)29(27-20)21-10-9-18(25)13-19(21)26/h5-10,13,15,22H,2-4,11-12,14H2,1H3,(H,32,33,34). The lowest BCUT2D eigenvalue weighted by Gasteiger charge is -2.39. The summed E-state index contributed by atoms with van der Waals surface area (Å²) in [5, 5.41) is 8.97. The molecule has 1 fully saturated rings. The topological polar surface area (TPSA) is 93.5 Å². The van der Waals surface area contributed by atoms with E-state index >= 15 is 0 Å². The molecule has 2 atom stereocenters. The first-order chi connectivity index (χ1) is 16.6. The minimum Gasteiger partial charge on any atom is -0.284 e. The number of halogens is 3. The van der Waals surface area contributed by atoms with Gasteiger partial charge in [-0.15, -0.1) is 0 Å². The molecular formula is C23H25Cl3N4O4S. The van der Waals surface area contributed by atoms with Crippen LogP contribution < -0.4 is 5.01 Å². The molecule has 188 valence electrons. The third-order valence-electron chi connectivity index (χ3n) is 6.19. The maximum atomic E-state index is 13.8. The van der Waals surface area contributed by atoms with Gasteiger partial charge >= 0.3 is 0 Å². The van der Waals surface area contributed by atoms with Crippen molar-refractivity contribution in [1.82, 2.24) is 10.0 Å². The Hall–Kier alpha value is -1.88. The fraction of sp³-hybridized carbons (Fsp3) is 0.391. The van der Waals surface area contributed by atoms with E-state index in [9.17, 15) is 17.8 Å².